The molecule has 0 spiro atoms. The molecule has 0 aliphatic carbocycles. The minimum absolute atomic E-state index is 0.131. The highest BCUT2D eigenvalue weighted by molar-refractivity contribution is 7.17. The van der Waals surface area contributed by atoms with Crippen LogP contribution in [0.3, 0.4) is 0 Å². The first-order valence-electron chi connectivity index (χ1n) is 4.75. The lowest BCUT2D eigenvalue weighted by molar-refractivity contribution is 1.77. The van der Waals surface area contributed by atoms with Gasteiger partial charge in [-0.05, 0) is 22.9 Å². The van der Waals surface area contributed by atoms with Crippen molar-refractivity contribution in [1.29, 1.82) is 0 Å². The van der Waals surface area contributed by atoms with E-state index in [0.717, 1.165) is 20.9 Å². The summed E-state index contributed by atoms with van der Waals surface area (Å²) >= 11 is 1.61. The van der Waals surface area contributed by atoms with Crippen LogP contribution in [0.5, 0.6) is 0 Å². The molecule has 0 radical (unpaired) electrons. The van der Waals surface area contributed by atoms with E-state index in [1.165, 1.54) is 0 Å². The molecule has 0 aliphatic rings. The molecular weight excluding hydrogens is 204 g/mol. The zero-order valence-corrected chi connectivity index (χ0v) is 8.75. The Balaban J connectivity index is 2.71. The van der Waals surface area contributed by atoms with Crippen molar-refractivity contribution in [3.8, 4) is 0 Å². The van der Waals surface area contributed by atoms with Crippen molar-refractivity contribution in [3.63, 3.8) is 0 Å². The Morgan fingerprint density at radius 3 is 2.67 bits per heavy atom. The highest BCUT2D eigenvalue weighted by Crippen LogP contribution is 2.19. The molecule has 15 heavy (non-hydrogen) atoms. The number of hydrogen-bond acceptors (Lipinski definition) is 2. The molecular formula is C13H8OS. The quantitative estimate of drug-likeness (QED) is 0.558. The fraction of sp³-hybridized carbons (Fsp3) is 0. The molecule has 0 saturated heterocycles. The summed E-state index contributed by atoms with van der Waals surface area (Å²) < 4.78 is 1.05. The van der Waals surface area contributed by atoms with Gasteiger partial charge in [0.05, 0.1) is 0 Å². The topological polar surface area (TPSA) is 17.1 Å². The van der Waals surface area contributed by atoms with E-state index in [-0.39, 0.29) is 5.43 Å². The standard InChI is InChI=1S/C13H8OS/c14-13-10-4-2-1-3-9(10)5-6-12-11(13)7-8-15-12/h1-8H. The van der Waals surface area contributed by atoms with Gasteiger partial charge < -0.3 is 0 Å². The van der Waals surface area contributed by atoms with Crippen molar-refractivity contribution >= 4 is 32.2 Å². The van der Waals surface area contributed by atoms with Crippen LogP contribution in [0.15, 0.2) is 52.6 Å². The van der Waals surface area contributed by atoms with E-state index in [1.54, 1.807) is 11.3 Å². The largest absolute Gasteiger partial charge is 0.289 e. The van der Waals surface area contributed by atoms with Gasteiger partial charge in [-0.2, -0.15) is 0 Å². The highest BCUT2D eigenvalue weighted by Gasteiger charge is 2.01. The Kier molecular flexibility index (Phi) is 1.82. The number of rotatable bonds is 0. The van der Waals surface area contributed by atoms with Crippen molar-refractivity contribution in [1.82, 2.24) is 0 Å². The Morgan fingerprint density at radius 1 is 0.867 bits per heavy atom. The third-order valence-corrected chi connectivity index (χ3v) is 3.44. The maximum Gasteiger partial charge on any atom is 0.195 e. The summed E-state index contributed by atoms with van der Waals surface area (Å²) in [6.45, 7) is 0. The van der Waals surface area contributed by atoms with Crippen LogP contribution in [-0.4, -0.2) is 0 Å². The molecule has 0 fully saturated rings. The minimum atomic E-state index is 0.131. The summed E-state index contributed by atoms with van der Waals surface area (Å²) in [5, 5.41) is 4.58. The fourth-order valence-corrected chi connectivity index (χ4v) is 2.58. The van der Waals surface area contributed by atoms with E-state index in [4.69, 9.17) is 0 Å². The van der Waals surface area contributed by atoms with Gasteiger partial charge in [0.25, 0.3) is 0 Å². The summed E-state index contributed by atoms with van der Waals surface area (Å²) in [7, 11) is 0. The monoisotopic (exact) mass is 212 g/mol. The minimum Gasteiger partial charge on any atom is -0.289 e. The van der Waals surface area contributed by atoms with Crippen molar-refractivity contribution in [3.05, 3.63) is 58.1 Å². The second-order valence-corrected chi connectivity index (χ2v) is 4.40. The number of benzene rings is 1. The van der Waals surface area contributed by atoms with E-state index < -0.39 is 0 Å². The van der Waals surface area contributed by atoms with E-state index in [9.17, 15) is 4.79 Å². The first kappa shape index (κ1) is 8.62. The van der Waals surface area contributed by atoms with Crippen LogP contribution in [0.2, 0.25) is 0 Å². The van der Waals surface area contributed by atoms with Crippen molar-refractivity contribution in [2.75, 3.05) is 0 Å². The molecule has 1 heterocycles. The summed E-state index contributed by atoms with van der Waals surface area (Å²) in [4.78, 5) is 12.2. The SMILES string of the molecule is O=c1c2ccccc2ccc2sccc12. The van der Waals surface area contributed by atoms with Gasteiger partial charge in [0.1, 0.15) is 0 Å². The van der Waals surface area contributed by atoms with Crippen LogP contribution in [-0.2, 0) is 0 Å². The molecule has 72 valence electrons. The predicted molar refractivity (Wildman–Crippen MR) is 65.6 cm³/mol. The zero-order chi connectivity index (χ0) is 10.3. The van der Waals surface area contributed by atoms with Gasteiger partial charge in [-0.1, -0.05) is 30.3 Å². The van der Waals surface area contributed by atoms with Gasteiger partial charge in [-0.15, -0.1) is 11.3 Å². The Bertz CT molecular complexity index is 697. The molecule has 2 aromatic carbocycles. The Hall–Kier alpha value is -1.67. The second kappa shape index (κ2) is 3.17. The van der Waals surface area contributed by atoms with E-state index in [0.29, 0.717) is 0 Å². The molecule has 1 nitrogen and oxygen atoms in total. The van der Waals surface area contributed by atoms with Gasteiger partial charge in [0.15, 0.2) is 5.43 Å². The molecule has 0 unspecified atom stereocenters. The average molecular weight is 212 g/mol. The number of hydrogen-bond donors (Lipinski definition) is 0. The number of fused-ring (bicyclic) bond motifs is 2. The molecule has 0 saturated carbocycles. The van der Waals surface area contributed by atoms with E-state index in [2.05, 4.69) is 0 Å². The van der Waals surface area contributed by atoms with Crippen molar-refractivity contribution in [2.24, 2.45) is 0 Å². The zero-order valence-electron chi connectivity index (χ0n) is 7.94. The normalized spacial score (nSPS) is 10.9. The number of thiophene rings is 1. The highest BCUT2D eigenvalue weighted by atomic mass is 32.1. The second-order valence-electron chi connectivity index (χ2n) is 3.45. The van der Waals surface area contributed by atoms with Gasteiger partial charge in [0, 0.05) is 15.5 Å². The average Bonchev–Trinajstić information content (AvgIpc) is 2.69. The van der Waals surface area contributed by atoms with Crippen LogP contribution < -0.4 is 5.43 Å². The van der Waals surface area contributed by atoms with E-state index in [1.807, 2.05) is 47.8 Å². The molecule has 0 atom stereocenters. The van der Waals surface area contributed by atoms with Crippen LogP contribution in [0.1, 0.15) is 0 Å². The molecule has 0 N–H and O–H groups in total. The fourth-order valence-electron chi connectivity index (χ4n) is 1.80. The first-order chi connectivity index (χ1) is 7.36. The molecule has 1 aromatic heterocycles. The van der Waals surface area contributed by atoms with Crippen molar-refractivity contribution < 1.29 is 0 Å². The molecule has 0 bridgehead atoms. The molecule has 0 aliphatic heterocycles. The van der Waals surface area contributed by atoms with Crippen molar-refractivity contribution in [2.45, 2.75) is 0 Å². The van der Waals surface area contributed by atoms with Crippen LogP contribution in [0.4, 0.5) is 0 Å². The molecule has 3 rings (SSSR count). The summed E-state index contributed by atoms with van der Waals surface area (Å²) in [5.74, 6) is 0. The Morgan fingerprint density at radius 2 is 1.73 bits per heavy atom. The smallest absolute Gasteiger partial charge is 0.195 e. The predicted octanol–water partition coefficient (Wildman–Crippen LogP) is 3.41. The molecule has 0 amide bonds. The molecule has 3 aromatic rings. The third kappa shape index (κ3) is 1.26. The summed E-state index contributed by atoms with van der Waals surface area (Å²) in [6.07, 6.45) is 0. The first-order valence-corrected chi connectivity index (χ1v) is 5.63. The molecule has 2 heteroatoms. The van der Waals surface area contributed by atoms with Gasteiger partial charge in [0.2, 0.25) is 0 Å². The van der Waals surface area contributed by atoms with Crippen LogP contribution in [0, 0.1) is 0 Å². The maximum atomic E-state index is 12.2. The third-order valence-electron chi connectivity index (χ3n) is 2.56. The van der Waals surface area contributed by atoms with Gasteiger partial charge in [-0.25, -0.2) is 0 Å². The van der Waals surface area contributed by atoms with Crippen LogP contribution >= 0.6 is 11.3 Å². The Labute approximate surface area is 90.6 Å². The van der Waals surface area contributed by atoms with Gasteiger partial charge >= 0.3 is 0 Å². The lowest BCUT2D eigenvalue weighted by Gasteiger charge is -1.87. The van der Waals surface area contributed by atoms with Gasteiger partial charge in [-0.3, -0.25) is 4.79 Å². The summed E-state index contributed by atoms with van der Waals surface area (Å²) in [6, 6.07) is 13.6. The van der Waals surface area contributed by atoms with E-state index >= 15 is 0 Å². The lowest BCUT2D eigenvalue weighted by Crippen LogP contribution is -1.95. The maximum absolute atomic E-state index is 12.2. The summed E-state index contributed by atoms with van der Waals surface area (Å²) in [5.41, 5.74) is 0.131. The lowest BCUT2D eigenvalue weighted by atomic mass is 10.2. The van der Waals surface area contributed by atoms with Crippen LogP contribution in [0.25, 0.3) is 20.9 Å².